The van der Waals surface area contributed by atoms with Crippen molar-refractivity contribution in [2.75, 3.05) is 32.7 Å². The lowest BCUT2D eigenvalue weighted by Gasteiger charge is -2.34. The number of aryl methyl sites for hydroxylation is 1. The summed E-state index contributed by atoms with van der Waals surface area (Å²) in [4.78, 5) is 21.2. The van der Waals surface area contributed by atoms with Crippen LogP contribution in [0.25, 0.3) is 11.3 Å². The SMILES string of the molecule is O=c1ccc(-c2cccnc2)nn1CCN1CCN(Cc2noc3c2CCC3)CC1. The molecule has 0 bridgehead atoms. The molecule has 8 heteroatoms. The molecule has 3 aromatic heterocycles. The second-order valence-corrected chi connectivity index (χ2v) is 8.02. The van der Waals surface area contributed by atoms with Gasteiger partial charge in [-0.15, -0.1) is 0 Å². The third-order valence-corrected chi connectivity index (χ3v) is 6.07. The molecule has 0 radical (unpaired) electrons. The number of hydrogen-bond donors (Lipinski definition) is 0. The zero-order valence-corrected chi connectivity index (χ0v) is 17.0. The van der Waals surface area contributed by atoms with Gasteiger partial charge in [-0.3, -0.25) is 19.6 Å². The predicted octanol–water partition coefficient (Wildman–Crippen LogP) is 1.60. The van der Waals surface area contributed by atoms with Gasteiger partial charge in [0.05, 0.1) is 12.2 Å². The molecule has 0 N–H and O–H groups in total. The van der Waals surface area contributed by atoms with E-state index in [9.17, 15) is 4.79 Å². The Bertz CT molecular complexity index is 1050. The maximum atomic E-state index is 12.2. The third kappa shape index (κ3) is 4.06. The van der Waals surface area contributed by atoms with Crippen molar-refractivity contribution in [2.45, 2.75) is 32.4 Å². The molecule has 8 nitrogen and oxygen atoms in total. The smallest absolute Gasteiger partial charge is 0.266 e. The van der Waals surface area contributed by atoms with E-state index in [1.165, 1.54) is 12.0 Å². The Morgan fingerprint density at radius 1 is 1.00 bits per heavy atom. The van der Waals surface area contributed by atoms with Crippen LogP contribution in [-0.2, 0) is 25.9 Å². The first kappa shape index (κ1) is 19.1. The summed E-state index contributed by atoms with van der Waals surface area (Å²) < 4.78 is 7.04. The summed E-state index contributed by atoms with van der Waals surface area (Å²) in [5.41, 5.74) is 4.09. The Labute approximate surface area is 175 Å². The summed E-state index contributed by atoms with van der Waals surface area (Å²) in [6, 6.07) is 7.17. The van der Waals surface area contributed by atoms with Gasteiger partial charge in [-0.2, -0.15) is 5.10 Å². The van der Waals surface area contributed by atoms with Gasteiger partial charge in [0.2, 0.25) is 0 Å². The van der Waals surface area contributed by atoms with Crippen LogP contribution in [0.2, 0.25) is 0 Å². The van der Waals surface area contributed by atoms with Crippen LogP contribution in [-0.4, -0.2) is 62.4 Å². The zero-order chi connectivity index (χ0) is 20.3. The van der Waals surface area contributed by atoms with Crippen molar-refractivity contribution in [3.05, 3.63) is 64.0 Å². The molecule has 0 aromatic carbocycles. The molecule has 0 amide bonds. The lowest BCUT2D eigenvalue weighted by atomic mass is 10.2. The molecule has 1 aliphatic heterocycles. The van der Waals surface area contributed by atoms with E-state index in [4.69, 9.17) is 4.52 Å². The minimum absolute atomic E-state index is 0.0684. The fourth-order valence-corrected chi connectivity index (χ4v) is 4.31. The van der Waals surface area contributed by atoms with E-state index in [1.807, 2.05) is 12.1 Å². The number of pyridine rings is 1. The van der Waals surface area contributed by atoms with Crippen molar-refractivity contribution in [3.8, 4) is 11.3 Å². The summed E-state index contributed by atoms with van der Waals surface area (Å²) in [5, 5.41) is 8.82. The maximum absolute atomic E-state index is 12.2. The van der Waals surface area contributed by atoms with Gasteiger partial charge in [-0.25, -0.2) is 4.68 Å². The van der Waals surface area contributed by atoms with Crippen LogP contribution in [0.1, 0.15) is 23.4 Å². The highest BCUT2D eigenvalue weighted by Gasteiger charge is 2.24. The van der Waals surface area contributed by atoms with Gasteiger partial charge in [-0.05, 0) is 31.0 Å². The predicted molar refractivity (Wildman–Crippen MR) is 112 cm³/mol. The first-order valence-corrected chi connectivity index (χ1v) is 10.7. The molecule has 0 saturated carbocycles. The Balaban J connectivity index is 1.15. The molecule has 0 unspecified atom stereocenters. The van der Waals surface area contributed by atoms with Gasteiger partial charge in [0.1, 0.15) is 11.5 Å². The average molecular weight is 406 g/mol. The molecule has 5 rings (SSSR count). The Kier molecular flexibility index (Phi) is 5.42. The van der Waals surface area contributed by atoms with Gasteiger partial charge in [0, 0.05) is 75.3 Å². The van der Waals surface area contributed by atoms with Crippen LogP contribution >= 0.6 is 0 Å². The second-order valence-electron chi connectivity index (χ2n) is 8.02. The molecule has 2 aliphatic rings. The van der Waals surface area contributed by atoms with Crippen LogP contribution in [0.3, 0.4) is 0 Å². The topological polar surface area (TPSA) is 80.3 Å². The number of aromatic nitrogens is 4. The van der Waals surface area contributed by atoms with Crippen molar-refractivity contribution in [1.29, 1.82) is 0 Å². The van der Waals surface area contributed by atoms with Gasteiger partial charge in [0.25, 0.3) is 5.56 Å². The number of fused-ring (bicyclic) bond motifs is 1. The lowest BCUT2D eigenvalue weighted by molar-refractivity contribution is 0.120. The second kappa shape index (κ2) is 8.49. The summed E-state index contributed by atoms with van der Waals surface area (Å²) in [7, 11) is 0. The normalized spacial score (nSPS) is 17.3. The molecule has 156 valence electrons. The van der Waals surface area contributed by atoms with E-state index in [2.05, 4.69) is 25.0 Å². The Morgan fingerprint density at radius 2 is 1.87 bits per heavy atom. The van der Waals surface area contributed by atoms with Gasteiger partial charge in [0.15, 0.2) is 0 Å². The number of piperazine rings is 1. The van der Waals surface area contributed by atoms with E-state index >= 15 is 0 Å². The molecule has 4 heterocycles. The van der Waals surface area contributed by atoms with Crippen molar-refractivity contribution < 1.29 is 4.52 Å². The first-order chi connectivity index (χ1) is 14.8. The summed E-state index contributed by atoms with van der Waals surface area (Å²) in [5.74, 6) is 1.09. The van der Waals surface area contributed by atoms with Crippen molar-refractivity contribution in [1.82, 2.24) is 29.7 Å². The van der Waals surface area contributed by atoms with Gasteiger partial charge in [-0.1, -0.05) is 5.16 Å². The molecule has 0 atom stereocenters. The quantitative estimate of drug-likeness (QED) is 0.615. The summed E-state index contributed by atoms with van der Waals surface area (Å²) in [6.07, 6.45) is 6.82. The van der Waals surface area contributed by atoms with Crippen LogP contribution in [0.5, 0.6) is 0 Å². The summed E-state index contributed by atoms with van der Waals surface area (Å²) >= 11 is 0. The minimum Gasteiger partial charge on any atom is -0.361 e. The van der Waals surface area contributed by atoms with E-state index in [0.29, 0.717) is 6.54 Å². The molecular weight excluding hydrogens is 380 g/mol. The highest BCUT2D eigenvalue weighted by atomic mass is 16.5. The van der Waals surface area contributed by atoms with Crippen LogP contribution in [0, 0.1) is 0 Å². The summed E-state index contributed by atoms with van der Waals surface area (Å²) in [6.45, 7) is 6.24. The van der Waals surface area contributed by atoms with Crippen LogP contribution in [0.15, 0.2) is 46.0 Å². The largest absolute Gasteiger partial charge is 0.361 e. The number of rotatable bonds is 6. The molecule has 3 aromatic rings. The van der Waals surface area contributed by atoms with E-state index in [1.54, 1.807) is 29.2 Å². The van der Waals surface area contributed by atoms with Gasteiger partial charge >= 0.3 is 0 Å². The van der Waals surface area contributed by atoms with E-state index in [-0.39, 0.29) is 5.56 Å². The monoisotopic (exact) mass is 406 g/mol. The van der Waals surface area contributed by atoms with Crippen LogP contribution < -0.4 is 5.56 Å². The minimum atomic E-state index is -0.0684. The molecule has 0 spiro atoms. The van der Waals surface area contributed by atoms with Crippen LogP contribution in [0.4, 0.5) is 0 Å². The first-order valence-electron chi connectivity index (χ1n) is 10.7. The van der Waals surface area contributed by atoms with E-state index in [0.717, 1.165) is 74.8 Å². The van der Waals surface area contributed by atoms with Crippen molar-refractivity contribution in [2.24, 2.45) is 0 Å². The molecular formula is C22H26N6O2. The Morgan fingerprint density at radius 3 is 2.70 bits per heavy atom. The molecule has 1 fully saturated rings. The molecule has 30 heavy (non-hydrogen) atoms. The fraction of sp³-hybridized carbons (Fsp3) is 0.455. The Hall–Kier alpha value is -2.84. The highest BCUT2D eigenvalue weighted by molar-refractivity contribution is 5.56. The van der Waals surface area contributed by atoms with Crippen molar-refractivity contribution in [3.63, 3.8) is 0 Å². The lowest BCUT2D eigenvalue weighted by Crippen LogP contribution is -2.47. The standard InChI is InChI=1S/C22H26N6O2/c29-22-7-6-19(17-3-2-8-23-15-17)24-28(22)14-13-26-9-11-27(12-10-26)16-20-18-4-1-5-21(18)30-25-20/h2-3,6-8,15H,1,4-5,9-14,16H2. The van der Waals surface area contributed by atoms with E-state index < -0.39 is 0 Å². The highest BCUT2D eigenvalue weighted by Crippen LogP contribution is 2.26. The number of nitrogens with zero attached hydrogens (tertiary/aromatic N) is 6. The zero-order valence-electron chi connectivity index (χ0n) is 17.0. The molecule has 1 saturated heterocycles. The average Bonchev–Trinajstić information content (AvgIpc) is 3.40. The fourth-order valence-electron chi connectivity index (χ4n) is 4.31. The number of hydrogen-bond acceptors (Lipinski definition) is 7. The van der Waals surface area contributed by atoms with Gasteiger partial charge < -0.3 is 4.52 Å². The maximum Gasteiger partial charge on any atom is 0.266 e. The van der Waals surface area contributed by atoms with Crippen molar-refractivity contribution >= 4 is 0 Å². The third-order valence-electron chi connectivity index (χ3n) is 6.07. The molecule has 1 aliphatic carbocycles.